The molecule has 21 heavy (non-hydrogen) atoms. The van der Waals surface area contributed by atoms with Gasteiger partial charge in [-0.3, -0.25) is 4.79 Å². The van der Waals surface area contributed by atoms with E-state index in [1.807, 2.05) is 6.07 Å². The molecular weight excluding hydrogens is 352 g/mol. The average molecular weight is 372 g/mol. The first-order valence-corrected chi connectivity index (χ1v) is 8.73. The number of carbonyl (C=O) groups is 1. The molecule has 2 aliphatic rings. The zero-order chi connectivity index (χ0) is 15.0. The highest BCUT2D eigenvalue weighted by Crippen LogP contribution is 2.39. The second kappa shape index (κ2) is 6.27. The molecule has 0 aliphatic heterocycles. The lowest BCUT2D eigenvalue weighted by molar-refractivity contribution is 0.0755. The Kier molecular flexibility index (Phi) is 4.57. The lowest BCUT2D eigenvalue weighted by Crippen LogP contribution is -2.53. The minimum atomic E-state index is -0.0400. The van der Waals surface area contributed by atoms with Gasteiger partial charge in [-0.15, -0.1) is 0 Å². The minimum Gasteiger partial charge on any atom is -0.349 e. The van der Waals surface area contributed by atoms with Crippen molar-refractivity contribution >= 4 is 33.4 Å². The number of fused-ring (bicyclic) bond motifs is 2. The van der Waals surface area contributed by atoms with E-state index < -0.39 is 0 Å². The Labute approximate surface area is 138 Å². The highest BCUT2D eigenvalue weighted by Gasteiger charge is 2.40. The Hall–Kier alpha value is -0.580. The standard InChI is InChI=1S/C16H20BrClN2O/c17-14-5-4-11(18)8-13(14)16(21)20-15-9-2-1-3-10(15)7-12(19)6-9/h4-5,8-10,12,15H,1-3,6-7,19H2,(H,20,21). The predicted molar refractivity (Wildman–Crippen MR) is 88.4 cm³/mol. The maximum absolute atomic E-state index is 12.6. The number of amides is 1. The first-order valence-electron chi connectivity index (χ1n) is 7.56. The molecule has 3 nitrogen and oxygen atoms in total. The average Bonchev–Trinajstić information content (AvgIpc) is 2.42. The number of benzene rings is 1. The molecule has 1 amide bonds. The summed E-state index contributed by atoms with van der Waals surface area (Å²) >= 11 is 9.43. The summed E-state index contributed by atoms with van der Waals surface area (Å²) in [6, 6.07) is 5.86. The van der Waals surface area contributed by atoms with Crippen LogP contribution in [0, 0.1) is 11.8 Å². The van der Waals surface area contributed by atoms with Gasteiger partial charge in [-0.25, -0.2) is 0 Å². The monoisotopic (exact) mass is 370 g/mol. The van der Waals surface area contributed by atoms with Crippen molar-refractivity contribution in [3.8, 4) is 0 Å². The topological polar surface area (TPSA) is 55.1 Å². The number of rotatable bonds is 2. The molecule has 2 atom stereocenters. The van der Waals surface area contributed by atoms with Crippen LogP contribution in [0.5, 0.6) is 0 Å². The van der Waals surface area contributed by atoms with E-state index in [1.165, 1.54) is 19.3 Å². The maximum Gasteiger partial charge on any atom is 0.252 e. The van der Waals surface area contributed by atoms with Crippen LogP contribution in [-0.4, -0.2) is 18.0 Å². The molecule has 1 aromatic carbocycles. The van der Waals surface area contributed by atoms with Gasteiger partial charge in [-0.1, -0.05) is 18.0 Å². The predicted octanol–water partition coefficient (Wildman–Crippen LogP) is 3.74. The van der Waals surface area contributed by atoms with Crippen LogP contribution in [0.2, 0.25) is 5.02 Å². The fourth-order valence-corrected chi connectivity index (χ4v) is 4.52. The Bertz CT molecular complexity index is 537. The van der Waals surface area contributed by atoms with Crippen LogP contribution in [0.1, 0.15) is 42.5 Å². The largest absolute Gasteiger partial charge is 0.349 e. The Morgan fingerprint density at radius 1 is 1.29 bits per heavy atom. The van der Waals surface area contributed by atoms with Crippen molar-refractivity contribution in [2.24, 2.45) is 17.6 Å². The Morgan fingerprint density at radius 3 is 2.62 bits per heavy atom. The summed E-state index contributed by atoms with van der Waals surface area (Å²) in [5.74, 6) is 1.01. The molecule has 3 N–H and O–H groups in total. The van der Waals surface area contributed by atoms with E-state index in [1.54, 1.807) is 12.1 Å². The lowest BCUT2D eigenvalue weighted by Gasteiger charge is -2.45. The molecule has 2 aliphatic carbocycles. The van der Waals surface area contributed by atoms with Gasteiger partial charge in [0.25, 0.3) is 5.91 Å². The van der Waals surface area contributed by atoms with Gasteiger partial charge in [0, 0.05) is 21.6 Å². The van der Waals surface area contributed by atoms with Gasteiger partial charge < -0.3 is 11.1 Å². The zero-order valence-corrected chi connectivity index (χ0v) is 14.2. The fourth-order valence-electron chi connectivity index (χ4n) is 3.93. The molecule has 2 bridgehead atoms. The summed E-state index contributed by atoms with van der Waals surface area (Å²) in [5.41, 5.74) is 6.74. The van der Waals surface area contributed by atoms with Gasteiger partial charge in [-0.05, 0) is 71.6 Å². The fraction of sp³-hybridized carbons (Fsp3) is 0.562. The van der Waals surface area contributed by atoms with Crippen LogP contribution in [0.4, 0.5) is 0 Å². The molecule has 114 valence electrons. The van der Waals surface area contributed by atoms with Crippen molar-refractivity contribution in [2.45, 2.75) is 44.2 Å². The molecule has 0 heterocycles. The van der Waals surface area contributed by atoms with Crippen molar-refractivity contribution in [2.75, 3.05) is 0 Å². The van der Waals surface area contributed by atoms with Crippen molar-refractivity contribution in [1.82, 2.24) is 5.32 Å². The van der Waals surface area contributed by atoms with E-state index in [-0.39, 0.29) is 11.9 Å². The SMILES string of the molecule is NC1CC2CCCC(C1)C2NC(=O)c1cc(Cl)ccc1Br. The van der Waals surface area contributed by atoms with Gasteiger partial charge in [0.15, 0.2) is 0 Å². The second-order valence-corrected chi connectivity index (χ2v) is 7.60. The number of hydrogen-bond donors (Lipinski definition) is 2. The molecule has 3 rings (SSSR count). The van der Waals surface area contributed by atoms with E-state index >= 15 is 0 Å². The molecule has 0 radical (unpaired) electrons. The van der Waals surface area contributed by atoms with Crippen LogP contribution in [0.3, 0.4) is 0 Å². The summed E-state index contributed by atoms with van der Waals surface area (Å²) in [4.78, 5) is 12.6. The summed E-state index contributed by atoms with van der Waals surface area (Å²) in [5, 5.41) is 3.82. The highest BCUT2D eigenvalue weighted by molar-refractivity contribution is 9.10. The number of halogens is 2. The van der Waals surface area contributed by atoms with Crippen molar-refractivity contribution in [3.05, 3.63) is 33.3 Å². The van der Waals surface area contributed by atoms with Crippen LogP contribution >= 0.6 is 27.5 Å². The third kappa shape index (κ3) is 3.27. The van der Waals surface area contributed by atoms with E-state index in [0.717, 1.165) is 17.3 Å². The molecular formula is C16H20BrClN2O. The van der Waals surface area contributed by atoms with Gasteiger partial charge >= 0.3 is 0 Å². The van der Waals surface area contributed by atoms with Crippen LogP contribution in [0.25, 0.3) is 0 Å². The van der Waals surface area contributed by atoms with E-state index in [9.17, 15) is 4.79 Å². The molecule has 2 unspecified atom stereocenters. The summed E-state index contributed by atoms with van der Waals surface area (Å²) in [6.45, 7) is 0. The smallest absolute Gasteiger partial charge is 0.252 e. The molecule has 5 heteroatoms. The third-order valence-electron chi connectivity index (χ3n) is 4.85. The molecule has 0 spiro atoms. The Morgan fingerprint density at radius 2 is 1.95 bits per heavy atom. The minimum absolute atomic E-state index is 0.0400. The van der Waals surface area contributed by atoms with Gasteiger partial charge in [0.05, 0.1) is 5.56 Å². The third-order valence-corrected chi connectivity index (χ3v) is 5.77. The summed E-state index contributed by atoms with van der Waals surface area (Å²) < 4.78 is 0.780. The molecule has 2 fully saturated rings. The first-order chi connectivity index (χ1) is 10.0. The van der Waals surface area contributed by atoms with Crippen LogP contribution in [-0.2, 0) is 0 Å². The van der Waals surface area contributed by atoms with Crippen molar-refractivity contribution in [3.63, 3.8) is 0 Å². The van der Waals surface area contributed by atoms with E-state index in [4.69, 9.17) is 17.3 Å². The van der Waals surface area contributed by atoms with Crippen LogP contribution in [0.15, 0.2) is 22.7 Å². The molecule has 0 aromatic heterocycles. The Balaban J connectivity index is 1.76. The van der Waals surface area contributed by atoms with E-state index in [0.29, 0.717) is 28.5 Å². The van der Waals surface area contributed by atoms with E-state index in [2.05, 4.69) is 21.2 Å². The number of carbonyl (C=O) groups excluding carboxylic acids is 1. The van der Waals surface area contributed by atoms with Crippen LogP contribution < -0.4 is 11.1 Å². The first kappa shape index (κ1) is 15.3. The van der Waals surface area contributed by atoms with Crippen molar-refractivity contribution in [1.29, 1.82) is 0 Å². The number of nitrogens with two attached hydrogens (primary N) is 1. The normalized spacial score (nSPS) is 31.8. The van der Waals surface area contributed by atoms with Gasteiger partial charge in [-0.2, -0.15) is 0 Å². The van der Waals surface area contributed by atoms with Gasteiger partial charge in [0.2, 0.25) is 0 Å². The second-order valence-electron chi connectivity index (χ2n) is 6.31. The number of nitrogens with one attached hydrogen (secondary N) is 1. The molecule has 0 saturated heterocycles. The zero-order valence-electron chi connectivity index (χ0n) is 11.8. The number of hydrogen-bond acceptors (Lipinski definition) is 2. The summed E-state index contributed by atoms with van der Waals surface area (Å²) in [6.07, 6.45) is 5.66. The summed E-state index contributed by atoms with van der Waals surface area (Å²) in [7, 11) is 0. The molecule has 2 saturated carbocycles. The molecule has 1 aromatic rings. The van der Waals surface area contributed by atoms with Crippen molar-refractivity contribution < 1.29 is 4.79 Å². The van der Waals surface area contributed by atoms with Gasteiger partial charge in [0.1, 0.15) is 0 Å². The quantitative estimate of drug-likeness (QED) is 0.832. The lowest BCUT2D eigenvalue weighted by atomic mass is 9.67. The highest BCUT2D eigenvalue weighted by atomic mass is 79.9. The maximum atomic E-state index is 12.6.